The largest absolute Gasteiger partial charge is 0.466 e. The van der Waals surface area contributed by atoms with Crippen LogP contribution in [-0.2, 0) is 9.53 Å². The summed E-state index contributed by atoms with van der Waals surface area (Å²) in [5.74, 6) is -0.103. The number of rotatable bonds is 4. The van der Waals surface area contributed by atoms with Crippen LogP contribution in [0.5, 0.6) is 0 Å². The van der Waals surface area contributed by atoms with Crippen molar-refractivity contribution < 1.29 is 9.53 Å². The topological polar surface area (TPSA) is 50.1 Å². The molecule has 0 aliphatic heterocycles. The van der Waals surface area contributed by atoms with E-state index in [1.54, 1.807) is 6.92 Å². The zero-order chi connectivity index (χ0) is 10.7. The molecule has 0 heterocycles. The van der Waals surface area contributed by atoms with Crippen molar-refractivity contribution in [3.05, 3.63) is 0 Å². The number of nitriles is 1. The van der Waals surface area contributed by atoms with Gasteiger partial charge in [-0.3, -0.25) is 4.79 Å². The summed E-state index contributed by atoms with van der Waals surface area (Å²) in [6.45, 7) is 8.05. The lowest BCUT2D eigenvalue weighted by Gasteiger charge is -2.04. The van der Waals surface area contributed by atoms with E-state index in [-0.39, 0.29) is 11.9 Å². The smallest absolute Gasteiger partial charge is 0.306 e. The first-order chi connectivity index (χ1) is 6.20. The van der Waals surface area contributed by atoms with E-state index < -0.39 is 0 Å². The quantitative estimate of drug-likeness (QED) is 0.632. The second-order valence-corrected chi connectivity index (χ2v) is 2.48. The first-order valence-corrected chi connectivity index (χ1v) is 4.73. The number of esters is 1. The molecule has 0 amide bonds. The van der Waals surface area contributed by atoms with Crippen LogP contribution >= 0.6 is 0 Å². The van der Waals surface area contributed by atoms with E-state index in [4.69, 9.17) is 10.00 Å². The van der Waals surface area contributed by atoms with Gasteiger partial charge in [-0.1, -0.05) is 20.8 Å². The molecule has 13 heavy (non-hydrogen) atoms. The molecule has 0 unspecified atom stereocenters. The minimum atomic E-state index is -0.213. The third-order valence-electron chi connectivity index (χ3n) is 1.26. The maximum Gasteiger partial charge on any atom is 0.306 e. The van der Waals surface area contributed by atoms with Gasteiger partial charge in [0.15, 0.2) is 0 Å². The SMILES string of the molecule is CC.CCOC(=O)C[C@H](C)CC#N. The molecule has 0 radical (unpaired) electrons. The third-order valence-corrected chi connectivity index (χ3v) is 1.26. The Morgan fingerprint density at radius 3 is 2.46 bits per heavy atom. The van der Waals surface area contributed by atoms with Gasteiger partial charge in [0.2, 0.25) is 0 Å². The zero-order valence-corrected chi connectivity index (χ0v) is 8.96. The van der Waals surface area contributed by atoms with Crippen molar-refractivity contribution in [1.29, 1.82) is 5.26 Å². The fourth-order valence-corrected chi connectivity index (χ4v) is 0.732. The number of carbonyl (C=O) groups is 1. The first-order valence-electron chi connectivity index (χ1n) is 4.73. The van der Waals surface area contributed by atoms with E-state index in [0.29, 0.717) is 19.4 Å². The summed E-state index contributed by atoms with van der Waals surface area (Å²) in [5, 5.41) is 8.28. The van der Waals surface area contributed by atoms with E-state index in [1.165, 1.54) is 0 Å². The van der Waals surface area contributed by atoms with Crippen molar-refractivity contribution in [2.24, 2.45) is 5.92 Å². The molecule has 0 fully saturated rings. The minimum absolute atomic E-state index is 0.110. The van der Waals surface area contributed by atoms with E-state index in [1.807, 2.05) is 26.8 Å². The Bertz CT molecular complexity index is 161. The van der Waals surface area contributed by atoms with E-state index in [2.05, 4.69) is 0 Å². The highest BCUT2D eigenvalue weighted by Crippen LogP contribution is 2.06. The lowest BCUT2D eigenvalue weighted by molar-refractivity contribution is -0.144. The second-order valence-electron chi connectivity index (χ2n) is 2.48. The van der Waals surface area contributed by atoms with Crippen molar-refractivity contribution in [3.63, 3.8) is 0 Å². The van der Waals surface area contributed by atoms with E-state index in [0.717, 1.165) is 0 Å². The van der Waals surface area contributed by atoms with E-state index in [9.17, 15) is 4.79 Å². The molecule has 0 aliphatic carbocycles. The molecule has 0 rings (SSSR count). The average Bonchev–Trinajstić information content (AvgIpc) is 2.08. The van der Waals surface area contributed by atoms with Crippen LogP contribution in [0.2, 0.25) is 0 Å². The molecule has 1 atom stereocenters. The van der Waals surface area contributed by atoms with Crippen LogP contribution in [0.15, 0.2) is 0 Å². The molecule has 0 spiro atoms. The van der Waals surface area contributed by atoms with Crippen molar-refractivity contribution in [2.75, 3.05) is 6.61 Å². The molecule has 0 aromatic heterocycles. The normalized spacial score (nSPS) is 10.4. The maximum absolute atomic E-state index is 10.8. The fraction of sp³-hybridized carbons (Fsp3) is 0.800. The highest BCUT2D eigenvalue weighted by atomic mass is 16.5. The van der Waals surface area contributed by atoms with Gasteiger partial charge in [-0.2, -0.15) is 5.26 Å². The van der Waals surface area contributed by atoms with E-state index >= 15 is 0 Å². The Morgan fingerprint density at radius 2 is 2.08 bits per heavy atom. The van der Waals surface area contributed by atoms with Crippen LogP contribution in [0.3, 0.4) is 0 Å². The molecular weight excluding hydrogens is 166 g/mol. The van der Waals surface area contributed by atoms with Crippen LogP contribution in [0, 0.1) is 17.2 Å². The Labute approximate surface area is 80.7 Å². The van der Waals surface area contributed by atoms with Crippen LogP contribution in [-0.4, -0.2) is 12.6 Å². The average molecular weight is 185 g/mol. The molecule has 0 saturated heterocycles. The molecule has 0 aromatic carbocycles. The number of nitrogens with zero attached hydrogens (tertiary/aromatic N) is 1. The van der Waals surface area contributed by atoms with Gasteiger partial charge in [-0.05, 0) is 12.8 Å². The molecular formula is C10H19NO2. The van der Waals surface area contributed by atoms with Gasteiger partial charge in [0.25, 0.3) is 0 Å². The summed E-state index contributed by atoms with van der Waals surface area (Å²) in [6, 6.07) is 2.01. The first kappa shape index (κ1) is 14.5. The Hall–Kier alpha value is -1.04. The van der Waals surface area contributed by atoms with Gasteiger partial charge in [0.05, 0.1) is 12.7 Å². The fourth-order valence-electron chi connectivity index (χ4n) is 0.732. The van der Waals surface area contributed by atoms with Crippen LogP contribution in [0.25, 0.3) is 0 Å². The van der Waals surface area contributed by atoms with Gasteiger partial charge in [0, 0.05) is 12.8 Å². The number of hydrogen-bond acceptors (Lipinski definition) is 3. The third kappa shape index (κ3) is 11.0. The van der Waals surface area contributed by atoms with Gasteiger partial charge in [-0.15, -0.1) is 0 Å². The molecule has 0 aliphatic rings. The highest BCUT2D eigenvalue weighted by Gasteiger charge is 2.08. The lowest BCUT2D eigenvalue weighted by atomic mass is 10.1. The molecule has 0 saturated carbocycles. The lowest BCUT2D eigenvalue weighted by Crippen LogP contribution is -2.08. The highest BCUT2D eigenvalue weighted by molar-refractivity contribution is 5.69. The maximum atomic E-state index is 10.8. The Morgan fingerprint density at radius 1 is 1.54 bits per heavy atom. The molecule has 0 aromatic rings. The predicted molar refractivity (Wildman–Crippen MR) is 52.0 cm³/mol. The summed E-state index contributed by atoms with van der Waals surface area (Å²) in [5.41, 5.74) is 0. The molecule has 76 valence electrons. The summed E-state index contributed by atoms with van der Waals surface area (Å²) < 4.78 is 4.71. The number of ether oxygens (including phenoxy) is 1. The standard InChI is InChI=1S/C8H13NO2.C2H6/c1-3-11-8(10)6-7(2)4-5-9;1-2/h7H,3-4,6H2,1-2H3;1-2H3/t7-;/m1./s1. The molecule has 0 bridgehead atoms. The zero-order valence-electron chi connectivity index (χ0n) is 8.96. The van der Waals surface area contributed by atoms with Crippen molar-refractivity contribution in [2.45, 2.75) is 40.5 Å². The van der Waals surface area contributed by atoms with Crippen LogP contribution in [0.1, 0.15) is 40.5 Å². The monoisotopic (exact) mass is 185 g/mol. The molecule has 3 heteroatoms. The summed E-state index contributed by atoms with van der Waals surface area (Å²) in [7, 11) is 0. The van der Waals surface area contributed by atoms with Crippen LogP contribution < -0.4 is 0 Å². The summed E-state index contributed by atoms with van der Waals surface area (Å²) in [4.78, 5) is 10.8. The second kappa shape index (κ2) is 11.0. The number of carbonyl (C=O) groups excluding carboxylic acids is 1. The van der Waals surface area contributed by atoms with Gasteiger partial charge < -0.3 is 4.74 Å². The Balaban J connectivity index is 0. The summed E-state index contributed by atoms with van der Waals surface area (Å²) in [6.07, 6.45) is 0.764. The van der Waals surface area contributed by atoms with Gasteiger partial charge in [0.1, 0.15) is 0 Å². The predicted octanol–water partition coefficient (Wildman–Crippen LogP) is 2.52. The Kier molecular flexibility index (Phi) is 12.2. The van der Waals surface area contributed by atoms with Crippen LogP contribution in [0.4, 0.5) is 0 Å². The van der Waals surface area contributed by atoms with Crippen molar-refractivity contribution in [1.82, 2.24) is 0 Å². The van der Waals surface area contributed by atoms with Gasteiger partial charge >= 0.3 is 5.97 Å². The van der Waals surface area contributed by atoms with Crippen molar-refractivity contribution in [3.8, 4) is 6.07 Å². The molecule has 0 N–H and O–H groups in total. The minimum Gasteiger partial charge on any atom is -0.466 e. The van der Waals surface area contributed by atoms with Gasteiger partial charge in [-0.25, -0.2) is 0 Å². The van der Waals surface area contributed by atoms with Crippen molar-refractivity contribution >= 4 is 5.97 Å². The summed E-state index contributed by atoms with van der Waals surface area (Å²) >= 11 is 0. The molecule has 3 nitrogen and oxygen atoms in total. The number of hydrogen-bond donors (Lipinski definition) is 0.